The zero-order valence-electron chi connectivity index (χ0n) is 9.54. The quantitative estimate of drug-likeness (QED) is 0.742. The molecule has 0 saturated carbocycles. The van der Waals surface area contributed by atoms with E-state index in [0.717, 1.165) is 13.0 Å². The lowest BCUT2D eigenvalue weighted by Crippen LogP contribution is -2.23. The van der Waals surface area contributed by atoms with Gasteiger partial charge in [-0.15, -0.1) is 0 Å². The fourth-order valence-corrected chi connectivity index (χ4v) is 1.60. The minimum Gasteiger partial charge on any atom is -0.467 e. The first-order valence-corrected chi connectivity index (χ1v) is 5.67. The smallest absolute Gasteiger partial charge is 0.133 e. The van der Waals surface area contributed by atoms with Crippen LogP contribution in [0.15, 0.2) is 47.3 Å². The van der Waals surface area contributed by atoms with E-state index in [2.05, 4.69) is 10.3 Å². The van der Waals surface area contributed by atoms with Crippen molar-refractivity contribution in [3.05, 3.63) is 54.2 Å². The molecule has 0 aromatic carbocycles. The molecule has 4 nitrogen and oxygen atoms in total. The van der Waals surface area contributed by atoms with Crippen molar-refractivity contribution in [2.24, 2.45) is 0 Å². The zero-order valence-corrected chi connectivity index (χ0v) is 9.54. The van der Waals surface area contributed by atoms with Gasteiger partial charge in [-0.3, -0.25) is 4.98 Å². The van der Waals surface area contributed by atoms with Crippen molar-refractivity contribution < 1.29 is 9.52 Å². The van der Waals surface area contributed by atoms with Crippen LogP contribution in [0.2, 0.25) is 0 Å². The molecule has 90 valence electrons. The van der Waals surface area contributed by atoms with E-state index in [4.69, 9.17) is 4.42 Å². The number of rotatable bonds is 6. The van der Waals surface area contributed by atoms with Gasteiger partial charge in [-0.2, -0.15) is 0 Å². The number of aromatic nitrogens is 1. The van der Waals surface area contributed by atoms with Gasteiger partial charge in [0.05, 0.1) is 6.26 Å². The Morgan fingerprint density at radius 1 is 1.35 bits per heavy atom. The maximum atomic E-state index is 9.74. The number of pyridine rings is 1. The lowest BCUT2D eigenvalue weighted by atomic mass is 10.2. The lowest BCUT2D eigenvalue weighted by molar-refractivity contribution is 0.148. The van der Waals surface area contributed by atoms with Gasteiger partial charge >= 0.3 is 0 Å². The molecule has 4 heteroatoms. The summed E-state index contributed by atoms with van der Waals surface area (Å²) in [5.74, 6) is 0.596. The third-order valence-corrected chi connectivity index (χ3v) is 2.52. The van der Waals surface area contributed by atoms with Gasteiger partial charge in [0.15, 0.2) is 0 Å². The van der Waals surface area contributed by atoms with Crippen LogP contribution in [0.3, 0.4) is 0 Å². The Kier molecular flexibility index (Phi) is 4.30. The number of hydrogen-bond acceptors (Lipinski definition) is 4. The van der Waals surface area contributed by atoms with Crippen molar-refractivity contribution in [1.29, 1.82) is 0 Å². The summed E-state index contributed by atoms with van der Waals surface area (Å²) in [5.41, 5.74) is 1.19. The largest absolute Gasteiger partial charge is 0.467 e. The molecule has 2 heterocycles. The highest BCUT2D eigenvalue weighted by Crippen LogP contribution is 2.11. The van der Waals surface area contributed by atoms with Crippen LogP contribution in [0, 0.1) is 0 Å². The molecule has 0 fully saturated rings. The molecule has 0 saturated heterocycles. The van der Waals surface area contributed by atoms with Gasteiger partial charge in [0.1, 0.15) is 11.9 Å². The van der Waals surface area contributed by atoms with Crippen LogP contribution in [0.4, 0.5) is 0 Å². The van der Waals surface area contributed by atoms with E-state index in [-0.39, 0.29) is 0 Å². The summed E-state index contributed by atoms with van der Waals surface area (Å²) >= 11 is 0. The number of nitrogens with zero attached hydrogens (tertiary/aromatic N) is 1. The molecule has 0 aliphatic rings. The van der Waals surface area contributed by atoms with Gasteiger partial charge in [0, 0.05) is 18.9 Å². The van der Waals surface area contributed by atoms with Crippen LogP contribution in [0.25, 0.3) is 0 Å². The third-order valence-electron chi connectivity index (χ3n) is 2.52. The molecule has 2 aromatic heterocycles. The van der Waals surface area contributed by atoms with Crippen LogP contribution >= 0.6 is 0 Å². The Morgan fingerprint density at radius 2 is 2.29 bits per heavy atom. The first kappa shape index (κ1) is 11.8. The summed E-state index contributed by atoms with van der Waals surface area (Å²) in [6.45, 7) is 1.30. The Labute approximate surface area is 100 Å². The fourth-order valence-electron chi connectivity index (χ4n) is 1.60. The van der Waals surface area contributed by atoms with Crippen molar-refractivity contribution in [3.63, 3.8) is 0 Å². The molecule has 1 unspecified atom stereocenters. The standard InChI is InChI=1S/C13H16N2O2/c16-12(13-4-2-8-17-13)10-15-7-5-11-3-1-6-14-9-11/h1-4,6,8-9,12,15-16H,5,7,10H2. The van der Waals surface area contributed by atoms with E-state index in [0.29, 0.717) is 12.3 Å². The first-order chi connectivity index (χ1) is 8.36. The molecule has 0 aliphatic heterocycles. The van der Waals surface area contributed by atoms with Gasteiger partial charge in [-0.05, 0) is 36.7 Å². The first-order valence-electron chi connectivity index (χ1n) is 5.67. The Morgan fingerprint density at radius 3 is 3.00 bits per heavy atom. The van der Waals surface area contributed by atoms with Crippen LogP contribution in [-0.2, 0) is 6.42 Å². The molecule has 2 aromatic rings. The van der Waals surface area contributed by atoms with Gasteiger partial charge in [0.25, 0.3) is 0 Å². The van der Waals surface area contributed by atoms with Gasteiger partial charge in [0.2, 0.25) is 0 Å². The number of nitrogens with one attached hydrogen (secondary N) is 1. The topological polar surface area (TPSA) is 58.3 Å². The lowest BCUT2D eigenvalue weighted by Gasteiger charge is -2.09. The summed E-state index contributed by atoms with van der Waals surface area (Å²) in [6.07, 6.45) is 5.49. The van der Waals surface area contributed by atoms with Crippen LogP contribution in [0.5, 0.6) is 0 Å². The zero-order chi connectivity index (χ0) is 11.9. The molecule has 0 spiro atoms. The molecule has 2 rings (SSSR count). The van der Waals surface area contributed by atoms with Gasteiger partial charge < -0.3 is 14.8 Å². The second kappa shape index (κ2) is 6.18. The van der Waals surface area contributed by atoms with E-state index in [9.17, 15) is 5.11 Å². The summed E-state index contributed by atoms with van der Waals surface area (Å²) in [4.78, 5) is 4.05. The second-order valence-corrected chi connectivity index (χ2v) is 3.85. The molecule has 0 aliphatic carbocycles. The fraction of sp³-hybridized carbons (Fsp3) is 0.308. The van der Waals surface area contributed by atoms with Crippen LogP contribution < -0.4 is 5.32 Å². The highest BCUT2D eigenvalue weighted by atomic mass is 16.4. The predicted molar refractivity (Wildman–Crippen MR) is 64.5 cm³/mol. The molecular formula is C13H16N2O2. The predicted octanol–water partition coefficient (Wildman–Crippen LogP) is 1.54. The SMILES string of the molecule is OC(CNCCc1cccnc1)c1ccco1. The van der Waals surface area contributed by atoms with E-state index in [1.165, 1.54) is 5.56 Å². The van der Waals surface area contributed by atoms with Crippen molar-refractivity contribution in [2.45, 2.75) is 12.5 Å². The summed E-state index contributed by atoms with van der Waals surface area (Å²) in [7, 11) is 0. The van der Waals surface area contributed by atoms with Crippen LogP contribution in [0.1, 0.15) is 17.4 Å². The van der Waals surface area contributed by atoms with Crippen molar-refractivity contribution in [3.8, 4) is 0 Å². The Bertz CT molecular complexity index is 414. The average molecular weight is 232 g/mol. The van der Waals surface area contributed by atoms with Crippen molar-refractivity contribution in [1.82, 2.24) is 10.3 Å². The van der Waals surface area contributed by atoms with Crippen molar-refractivity contribution >= 4 is 0 Å². The minimum atomic E-state index is -0.584. The molecule has 0 radical (unpaired) electrons. The van der Waals surface area contributed by atoms with E-state index >= 15 is 0 Å². The average Bonchev–Trinajstić information content (AvgIpc) is 2.89. The van der Waals surface area contributed by atoms with E-state index < -0.39 is 6.10 Å². The molecule has 17 heavy (non-hydrogen) atoms. The molecule has 0 bridgehead atoms. The maximum absolute atomic E-state index is 9.74. The summed E-state index contributed by atoms with van der Waals surface area (Å²) in [5, 5.41) is 12.9. The van der Waals surface area contributed by atoms with Gasteiger partial charge in [-0.1, -0.05) is 6.07 Å². The normalized spacial score (nSPS) is 12.5. The van der Waals surface area contributed by atoms with Crippen LogP contribution in [-0.4, -0.2) is 23.2 Å². The van der Waals surface area contributed by atoms with E-state index in [1.54, 1.807) is 24.6 Å². The number of aliphatic hydroxyl groups is 1. The number of furan rings is 1. The highest BCUT2D eigenvalue weighted by Gasteiger charge is 2.08. The Balaban J connectivity index is 1.67. The third kappa shape index (κ3) is 3.69. The van der Waals surface area contributed by atoms with Gasteiger partial charge in [-0.25, -0.2) is 0 Å². The number of hydrogen-bond donors (Lipinski definition) is 2. The monoisotopic (exact) mass is 232 g/mol. The van der Waals surface area contributed by atoms with Crippen molar-refractivity contribution in [2.75, 3.05) is 13.1 Å². The molecule has 2 N–H and O–H groups in total. The molecule has 0 amide bonds. The minimum absolute atomic E-state index is 0.494. The second-order valence-electron chi connectivity index (χ2n) is 3.85. The number of aliphatic hydroxyl groups excluding tert-OH is 1. The molecule has 1 atom stereocenters. The highest BCUT2D eigenvalue weighted by molar-refractivity contribution is 5.08. The summed E-state index contributed by atoms with van der Waals surface area (Å²) < 4.78 is 5.11. The van der Waals surface area contributed by atoms with E-state index in [1.807, 2.05) is 18.3 Å². The maximum Gasteiger partial charge on any atom is 0.133 e. The molecular weight excluding hydrogens is 216 g/mol. The summed E-state index contributed by atoms with van der Waals surface area (Å²) in [6, 6.07) is 7.51. The Hall–Kier alpha value is -1.65.